The molecule has 0 amide bonds. The molecular weight excluding hydrogens is 802 g/mol. The molecular formula is C32H26CoLiN8O9S3. The van der Waals surface area contributed by atoms with E-state index in [9.17, 15) is 42.1 Å². The van der Waals surface area contributed by atoms with E-state index in [1.54, 1.807) is 30.3 Å². The zero-order valence-corrected chi connectivity index (χ0v) is 31.8. The Bertz CT molecular complexity index is 2460. The van der Waals surface area contributed by atoms with E-state index in [1.165, 1.54) is 18.3 Å². The van der Waals surface area contributed by atoms with Crippen LogP contribution in [0.15, 0.2) is 133 Å². The number of aromatic nitrogens is 1. The van der Waals surface area contributed by atoms with Gasteiger partial charge in [0.2, 0.25) is 20.0 Å². The van der Waals surface area contributed by atoms with Gasteiger partial charge in [-0.1, -0.05) is 60.9 Å². The van der Waals surface area contributed by atoms with Crippen molar-refractivity contribution in [1.82, 2.24) is 4.98 Å². The molecule has 4 aromatic carbocycles. The number of carbonyl (C=O) groups is 1. The van der Waals surface area contributed by atoms with Gasteiger partial charge in [-0.3, -0.25) is 15.2 Å². The Kier molecular flexibility index (Phi) is 16.2. The third kappa shape index (κ3) is 12.3. The van der Waals surface area contributed by atoms with Crippen LogP contribution in [-0.2, 0) is 41.6 Å². The van der Waals surface area contributed by atoms with Crippen LogP contribution in [0.5, 0.6) is 11.5 Å². The van der Waals surface area contributed by atoms with Crippen LogP contribution < -0.4 is 55.0 Å². The minimum atomic E-state index is -4.05. The van der Waals surface area contributed by atoms with E-state index in [1.807, 2.05) is 24.3 Å². The molecule has 0 aliphatic heterocycles. The number of aliphatic imine (C=N–C) groups is 1. The minimum absolute atomic E-state index is 0. The first-order chi connectivity index (χ1) is 24.4. The summed E-state index contributed by atoms with van der Waals surface area (Å²) in [5.74, 6) is -3.16. The predicted molar refractivity (Wildman–Crippen MR) is 186 cm³/mol. The number of primary sulfonamides is 2. The van der Waals surface area contributed by atoms with E-state index < -0.39 is 48.9 Å². The van der Waals surface area contributed by atoms with Gasteiger partial charge in [0, 0.05) is 18.5 Å². The Morgan fingerprint density at radius 3 is 1.96 bits per heavy atom. The van der Waals surface area contributed by atoms with Crippen LogP contribution in [0.2, 0.25) is 0 Å². The summed E-state index contributed by atoms with van der Waals surface area (Å²) in [5.41, 5.74) is 2.42. The first kappa shape index (κ1) is 45.2. The molecule has 0 fully saturated rings. The molecule has 1 heterocycles. The molecule has 5 rings (SSSR count). The van der Waals surface area contributed by atoms with Crippen LogP contribution in [-0.4, -0.2) is 39.2 Å². The second-order valence-corrected chi connectivity index (χ2v) is 14.5. The third-order valence-corrected chi connectivity index (χ3v) is 9.30. The molecule has 276 valence electrons. The number of ketones is 1. The SMILES string of the molecule is CC(=O)C(=NNc1cc(S(N)(=O)=O)ccc1[O-])c1nc2ccccc2s1.CC([O-])=C(N=Nc1cc(S(N)(=O)=O)ccc1[O-])C([O-])=Nc1ccccc1.[Co+3].[Li+]. The summed E-state index contributed by atoms with van der Waals surface area (Å²) in [5, 5.41) is 68.8. The molecule has 0 saturated heterocycles. The fourth-order valence-corrected chi connectivity index (χ4v) is 6.01. The Morgan fingerprint density at radius 2 is 1.39 bits per heavy atom. The summed E-state index contributed by atoms with van der Waals surface area (Å²) < 4.78 is 46.4. The van der Waals surface area contributed by atoms with Gasteiger partial charge < -0.3 is 20.4 Å². The molecule has 5 N–H and O–H groups in total. The first-order valence-corrected chi connectivity index (χ1v) is 18.3. The number of hydrogen-bond acceptors (Lipinski definition) is 16. The van der Waals surface area contributed by atoms with Crippen LogP contribution >= 0.6 is 11.3 Å². The maximum Gasteiger partial charge on any atom is 3.00 e. The number of anilines is 1. The molecule has 0 unspecified atom stereocenters. The average molecular weight is 829 g/mol. The van der Waals surface area contributed by atoms with Crippen molar-refractivity contribution >= 4 is 76.1 Å². The number of carbonyl (C=O) groups excluding carboxylic acids is 1. The fourth-order valence-electron chi connectivity index (χ4n) is 3.93. The van der Waals surface area contributed by atoms with Gasteiger partial charge in [0.1, 0.15) is 5.01 Å². The van der Waals surface area contributed by atoms with E-state index in [2.05, 4.69) is 30.7 Å². The summed E-state index contributed by atoms with van der Waals surface area (Å²) in [4.78, 5) is 19.5. The molecule has 0 bridgehead atoms. The topological polar surface area (TPSA) is 304 Å². The van der Waals surface area contributed by atoms with Crippen LogP contribution in [0.25, 0.3) is 10.2 Å². The maximum absolute atomic E-state index is 12.1. The standard InChI is InChI=1S/C16H16N4O5S.C16H14N4O4S2.Co.Li/c1-10(21)15(16(23)18-11-5-3-2-4-6-11)20-19-13-9-12(26(17,24)25)7-8-14(13)22;1-9(21)15(16-18-11-4-2-3-5-14(11)25-16)20-19-12-8-10(26(17,23)24)6-7-13(12)22;;/h2-9,21-22H,1H3,(H,18,23)(H2,17,24,25);2-8,19,22H,1H3,(H2,17,23,24);;/q;;+3;+1/p-4. The van der Waals surface area contributed by atoms with Crippen molar-refractivity contribution in [2.24, 2.45) is 30.6 Å². The summed E-state index contributed by atoms with van der Waals surface area (Å²) in [6.45, 7) is 2.41. The van der Waals surface area contributed by atoms with Crippen LogP contribution in [0.3, 0.4) is 0 Å². The van der Waals surface area contributed by atoms with Gasteiger partial charge in [-0.05, 0) is 48.5 Å². The number of Topliss-reactive ketones (excluding diaryl/α,β-unsaturated/α-hetero) is 1. The molecule has 0 atom stereocenters. The number of fused-ring (bicyclic) bond motifs is 1. The van der Waals surface area contributed by atoms with Gasteiger partial charge in [-0.2, -0.15) is 15.3 Å². The molecule has 0 aliphatic carbocycles. The molecule has 22 heteroatoms. The largest absolute Gasteiger partial charge is 3.00 e. The number of azo groups is 1. The van der Waals surface area contributed by atoms with E-state index >= 15 is 0 Å². The molecule has 0 saturated carbocycles. The molecule has 0 spiro atoms. The number of sulfonamides is 2. The molecule has 1 aromatic heterocycles. The number of rotatable bonds is 10. The monoisotopic (exact) mass is 828 g/mol. The number of nitrogens with zero attached hydrogens (tertiary/aromatic N) is 5. The Hall–Kier alpha value is -4.96. The Labute approximate surface area is 335 Å². The number of thiazole rings is 1. The number of benzene rings is 4. The van der Waals surface area contributed by atoms with Gasteiger partial charge >= 0.3 is 35.6 Å². The van der Waals surface area contributed by atoms with E-state index in [4.69, 9.17) is 10.3 Å². The zero-order chi connectivity index (χ0) is 38.2. The van der Waals surface area contributed by atoms with Gasteiger partial charge in [-0.25, -0.2) is 32.1 Å². The van der Waals surface area contributed by atoms with Crippen molar-refractivity contribution in [2.75, 3.05) is 5.43 Å². The van der Waals surface area contributed by atoms with E-state index in [-0.39, 0.29) is 68.3 Å². The zero-order valence-electron chi connectivity index (χ0n) is 28.3. The Morgan fingerprint density at radius 1 is 0.815 bits per heavy atom. The molecule has 17 nitrogen and oxygen atoms in total. The van der Waals surface area contributed by atoms with Crippen molar-refractivity contribution in [3.05, 3.63) is 107 Å². The molecule has 5 aromatic rings. The molecule has 0 radical (unpaired) electrons. The van der Waals surface area contributed by atoms with Gasteiger partial charge in [0.15, 0.2) is 11.5 Å². The van der Waals surface area contributed by atoms with Crippen molar-refractivity contribution in [3.8, 4) is 11.5 Å². The maximum atomic E-state index is 12.1. The Balaban J connectivity index is 0.000000360. The van der Waals surface area contributed by atoms with Gasteiger partial charge in [-0.15, -0.1) is 17.1 Å². The summed E-state index contributed by atoms with van der Waals surface area (Å²) >= 11 is 1.28. The number of allylic oxidation sites excluding steroid dienone is 1. The van der Waals surface area contributed by atoms with Crippen molar-refractivity contribution < 1.29 is 77.7 Å². The van der Waals surface area contributed by atoms with Crippen molar-refractivity contribution in [2.45, 2.75) is 23.6 Å². The average Bonchev–Trinajstić information content (AvgIpc) is 3.50. The quantitative estimate of drug-likeness (QED) is 0.0367. The molecule has 0 aliphatic rings. The summed E-state index contributed by atoms with van der Waals surface area (Å²) in [7, 11) is -8.02. The second kappa shape index (κ2) is 19.4. The van der Waals surface area contributed by atoms with Crippen LogP contribution in [0, 0.1) is 0 Å². The van der Waals surface area contributed by atoms with Gasteiger partial charge in [0.05, 0.1) is 37.1 Å². The number of hydrazone groups is 1. The van der Waals surface area contributed by atoms with Crippen molar-refractivity contribution in [3.63, 3.8) is 0 Å². The van der Waals surface area contributed by atoms with Crippen molar-refractivity contribution in [1.29, 1.82) is 0 Å². The number of para-hydroxylation sites is 2. The number of nitrogens with two attached hydrogens (primary N) is 2. The smallest absolute Gasteiger partial charge is 0.874 e. The normalized spacial score (nSPS) is 12.5. The second-order valence-electron chi connectivity index (χ2n) is 10.3. The van der Waals surface area contributed by atoms with Crippen LogP contribution in [0.1, 0.15) is 18.9 Å². The number of hydrogen-bond donors (Lipinski definition) is 3. The summed E-state index contributed by atoms with van der Waals surface area (Å²) in [6.07, 6.45) is 0. The third-order valence-electron chi connectivity index (χ3n) is 6.44. The van der Waals surface area contributed by atoms with E-state index in [0.717, 1.165) is 53.5 Å². The van der Waals surface area contributed by atoms with E-state index in [0.29, 0.717) is 10.7 Å². The molecule has 54 heavy (non-hydrogen) atoms. The first-order valence-electron chi connectivity index (χ1n) is 14.4. The fraction of sp³-hybridized carbons (Fsp3) is 0.0625. The number of nitrogens with one attached hydrogen (secondary N) is 1. The predicted octanol–water partition coefficient (Wildman–Crippen LogP) is -1.40. The van der Waals surface area contributed by atoms with Crippen LogP contribution in [0.4, 0.5) is 17.1 Å². The van der Waals surface area contributed by atoms with Gasteiger partial charge in [0.25, 0.3) is 0 Å². The summed E-state index contributed by atoms with van der Waals surface area (Å²) in [6, 6.07) is 21.6. The minimum Gasteiger partial charge on any atom is -0.874 e.